The van der Waals surface area contributed by atoms with Crippen LogP contribution in [-0.2, 0) is 6.54 Å². The lowest BCUT2D eigenvalue weighted by molar-refractivity contribution is 0.102. The Morgan fingerprint density at radius 2 is 1.92 bits per heavy atom. The molecule has 0 saturated carbocycles. The molecule has 0 saturated heterocycles. The van der Waals surface area contributed by atoms with Crippen LogP contribution >= 0.6 is 34.2 Å². The highest BCUT2D eigenvalue weighted by Gasteiger charge is 2.20. The molecule has 0 aliphatic carbocycles. The predicted octanol–water partition coefficient (Wildman–Crippen LogP) is 5.06. The van der Waals surface area contributed by atoms with Crippen molar-refractivity contribution in [3.05, 3.63) is 79.6 Å². The zero-order valence-corrected chi connectivity index (χ0v) is 16.8. The molecule has 0 fully saturated rings. The Morgan fingerprint density at radius 3 is 2.60 bits per heavy atom. The van der Waals surface area contributed by atoms with Crippen molar-refractivity contribution in [2.45, 2.75) is 20.4 Å². The number of amides is 1. The Balaban J connectivity index is 1.83. The first kappa shape index (κ1) is 17.9. The number of halogens is 2. The van der Waals surface area contributed by atoms with E-state index in [2.05, 4.69) is 33.0 Å². The van der Waals surface area contributed by atoms with Gasteiger partial charge >= 0.3 is 0 Å². The van der Waals surface area contributed by atoms with Gasteiger partial charge in [0.25, 0.3) is 5.91 Å². The summed E-state index contributed by atoms with van der Waals surface area (Å²) in [5.74, 6) is -0.250. The number of nitrogens with one attached hydrogen (secondary N) is 1. The van der Waals surface area contributed by atoms with Crippen molar-refractivity contribution < 1.29 is 4.79 Å². The van der Waals surface area contributed by atoms with E-state index >= 15 is 0 Å². The number of carbonyl (C=O) groups excluding carboxylic acids is 1. The standard InChI is InChI=1S/C19H17ClIN3O/c1-12-6-8-14(9-7-12)11-24-18(20)17(13(2)23-24)19(25)22-16-5-3-4-15(21)10-16/h3-10H,11H2,1-2H3,(H,22,25). The largest absolute Gasteiger partial charge is 0.322 e. The van der Waals surface area contributed by atoms with E-state index in [0.717, 1.165) is 14.8 Å². The maximum atomic E-state index is 12.6. The first-order valence-corrected chi connectivity index (χ1v) is 9.25. The summed E-state index contributed by atoms with van der Waals surface area (Å²) in [5, 5.41) is 7.66. The van der Waals surface area contributed by atoms with Crippen LogP contribution in [0.25, 0.3) is 0 Å². The van der Waals surface area contributed by atoms with Gasteiger partial charge in [-0.05, 0) is 60.2 Å². The van der Waals surface area contributed by atoms with Crippen LogP contribution in [0.1, 0.15) is 27.2 Å². The van der Waals surface area contributed by atoms with E-state index in [1.807, 2.05) is 55.5 Å². The monoisotopic (exact) mass is 465 g/mol. The van der Waals surface area contributed by atoms with Gasteiger partial charge in [0.2, 0.25) is 0 Å². The Labute approximate surface area is 165 Å². The van der Waals surface area contributed by atoms with Gasteiger partial charge in [0.05, 0.1) is 17.8 Å². The maximum absolute atomic E-state index is 12.6. The van der Waals surface area contributed by atoms with Crippen molar-refractivity contribution in [2.75, 3.05) is 5.32 Å². The van der Waals surface area contributed by atoms with Gasteiger partial charge in [-0.1, -0.05) is 47.5 Å². The van der Waals surface area contributed by atoms with Crippen LogP contribution in [-0.4, -0.2) is 15.7 Å². The first-order chi connectivity index (χ1) is 11.9. The molecule has 6 heteroatoms. The number of nitrogens with zero attached hydrogens (tertiary/aromatic N) is 2. The fourth-order valence-electron chi connectivity index (χ4n) is 2.54. The van der Waals surface area contributed by atoms with E-state index in [4.69, 9.17) is 11.6 Å². The van der Waals surface area contributed by atoms with E-state index in [9.17, 15) is 4.79 Å². The van der Waals surface area contributed by atoms with Crippen LogP contribution in [0.4, 0.5) is 5.69 Å². The molecule has 1 N–H and O–H groups in total. The average molecular weight is 466 g/mol. The molecule has 0 spiro atoms. The van der Waals surface area contributed by atoms with E-state index < -0.39 is 0 Å². The van der Waals surface area contributed by atoms with Crippen LogP contribution in [0.2, 0.25) is 5.15 Å². The van der Waals surface area contributed by atoms with Gasteiger partial charge in [-0.3, -0.25) is 4.79 Å². The summed E-state index contributed by atoms with van der Waals surface area (Å²) in [6.07, 6.45) is 0. The summed E-state index contributed by atoms with van der Waals surface area (Å²) < 4.78 is 2.71. The molecule has 4 nitrogen and oxygen atoms in total. The Hall–Kier alpha value is -1.86. The summed E-state index contributed by atoms with van der Waals surface area (Å²) in [6, 6.07) is 15.8. The average Bonchev–Trinajstić information content (AvgIpc) is 2.83. The molecule has 1 heterocycles. The number of hydrogen-bond donors (Lipinski definition) is 1. The molecule has 3 rings (SSSR count). The molecule has 0 unspecified atom stereocenters. The van der Waals surface area contributed by atoms with Gasteiger partial charge in [0, 0.05) is 9.26 Å². The first-order valence-electron chi connectivity index (χ1n) is 7.79. The molecule has 25 heavy (non-hydrogen) atoms. The highest BCUT2D eigenvalue weighted by Crippen LogP contribution is 2.23. The Bertz CT molecular complexity index is 919. The number of hydrogen-bond acceptors (Lipinski definition) is 2. The van der Waals surface area contributed by atoms with Gasteiger partial charge in [-0.25, -0.2) is 4.68 Å². The van der Waals surface area contributed by atoms with Crippen molar-refractivity contribution in [2.24, 2.45) is 0 Å². The molecule has 2 aromatic carbocycles. The molecule has 0 radical (unpaired) electrons. The fraction of sp³-hybridized carbons (Fsp3) is 0.158. The molecule has 0 bridgehead atoms. The van der Waals surface area contributed by atoms with Crippen molar-refractivity contribution in [3.63, 3.8) is 0 Å². The topological polar surface area (TPSA) is 46.9 Å². The van der Waals surface area contributed by atoms with E-state index in [0.29, 0.717) is 23.0 Å². The minimum Gasteiger partial charge on any atom is -0.322 e. The van der Waals surface area contributed by atoms with Crippen molar-refractivity contribution in [1.29, 1.82) is 0 Å². The number of aromatic nitrogens is 2. The van der Waals surface area contributed by atoms with Gasteiger partial charge in [-0.15, -0.1) is 0 Å². The lowest BCUT2D eigenvalue weighted by Crippen LogP contribution is -2.13. The lowest BCUT2D eigenvalue weighted by atomic mass is 10.1. The third-order valence-electron chi connectivity index (χ3n) is 3.83. The maximum Gasteiger partial charge on any atom is 0.260 e. The van der Waals surface area contributed by atoms with Gasteiger partial charge in [0.15, 0.2) is 0 Å². The molecule has 3 aromatic rings. The second-order valence-electron chi connectivity index (χ2n) is 5.86. The number of carbonyl (C=O) groups is 1. The molecule has 0 atom stereocenters. The summed E-state index contributed by atoms with van der Waals surface area (Å²) >= 11 is 8.65. The third-order valence-corrected chi connectivity index (χ3v) is 4.88. The van der Waals surface area contributed by atoms with Crippen LogP contribution < -0.4 is 5.32 Å². The fourth-order valence-corrected chi connectivity index (χ4v) is 3.41. The molecular formula is C19H17ClIN3O. The summed E-state index contributed by atoms with van der Waals surface area (Å²) in [7, 11) is 0. The second kappa shape index (κ2) is 7.58. The zero-order chi connectivity index (χ0) is 18.0. The lowest BCUT2D eigenvalue weighted by Gasteiger charge is -2.06. The number of anilines is 1. The highest BCUT2D eigenvalue weighted by atomic mass is 127. The number of rotatable bonds is 4. The number of aryl methyl sites for hydroxylation is 2. The summed E-state index contributed by atoms with van der Waals surface area (Å²) in [6.45, 7) is 4.36. The number of benzene rings is 2. The Morgan fingerprint density at radius 1 is 1.20 bits per heavy atom. The summed E-state index contributed by atoms with van der Waals surface area (Å²) in [4.78, 5) is 12.6. The van der Waals surface area contributed by atoms with Gasteiger partial charge < -0.3 is 5.32 Å². The molecular weight excluding hydrogens is 449 g/mol. The zero-order valence-electron chi connectivity index (χ0n) is 13.9. The predicted molar refractivity (Wildman–Crippen MR) is 109 cm³/mol. The van der Waals surface area contributed by atoms with Crippen LogP contribution in [0, 0.1) is 17.4 Å². The smallest absolute Gasteiger partial charge is 0.260 e. The molecule has 0 aliphatic rings. The third kappa shape index (κ3) is 4.22. The van der Waals surface area contributed by atoms with E-state index in [1.165, 1.54) is 5.56 Å². The normalized spacial score (nSPS) is 10.7. The quantitative estimate of drug-likeness (QED) is 0.548. The minimum absolute atomic E-state index is 0.250. The summed E-state index contributed by atoms with van der Waals surface area (Å²) in [5.41, 5.74) is 4.04. The molecule has 1 amide bonds. The second-order valence-corrected chi connectivity index (χ2v) is 7.46. The molecule has 0 aliphatic heterocycles. The highest BCUT2D eigenvalue weighted by molar-refractivity contribution is 14.1. The SMILES string of the molecule is Cc1ccc(Cn2nc(C)c(C(=O)Nc3cccc(I)c3)c2Cl)cc1. The molecule has 128 valence electrons. The van der Waals surface area contributed by atoms with Crippen molar-refractivity contribution in [3.8, 4) is 0 Å². The van der Waals surface area contributed by atoms with E-state index in [1.54, 1.807) is 11.6 Å². The minimum atomic E-state index is -0.250. The van der Waals surface area contributed by atoms with Crippen molar-refractivity contribution >= 4 is 45.8 Å². The van der Waals surface area contributed by atoms with Crippen molar-refractivity contribution in [1.82, 2.24) is 9.78 Å². The van der Waals surface area contributed by atoms with Gasteiger partial charge in [0.1, 0.15) is 5.15 Å². The molecule has 1 aromatic heterocycles. The van der Waals surface area contributed by atoms with Crippen LogP contribution in [0.5, 0.6) is 0 Å². The van der Waals surface area contributed by atoms with Crippen LogP contribution in [0.15, 0.2) is 48.5 Å². The van der Waals surface area contributed by atoms with Crippen LogP contribution in [0.3, 0.4) is 0 Å². The van der Waals surface area contributed by atoms with Gasteiger partial charge in [-0.2, -0.15) is 5.10 Å². The Kier molecular flexibility index (Phi) is 5.44. The van der Waals surface area contributed by atoms with E-state index in [-0.39, 0.29) is 5.91 Å².